The molecule has 27 heavy (non-hydrogen) atoms. The van der Waals surface area contributed by atoms with Crippen molar-refractivity contribution < 1.29 is 19.4 Å². The number of benzene rings is 2. The summed E-state index contributed by atoms with van der Waals surface area (Å²) in [5, 5.41) is 10.8. The zero-order chi connectivity index (χ0) is 19.8. The maximum atomic E-state index is 12.3. The van der Waals surface area contributed by atoms with Crippen molar-refractivity contribution in [1.29, 1.82) is 0 Å². The van der Waals surface area contributed by atoms with Crippen LogP contribution >= 0.6 is 0 Å². The largest absolute Gasteiger partial charge is 0.545 e. The number of aromatic carboxylic acids is 1. The van der Waals surface area contributed by atoms with Crippen LogP contribution in [0.4, 0.5) is 0 Å². The number of fused-ring (bicyclic) bond motifs is 1. The summed E-state index contributed by atoms with van der Waals surface area (Å²) in [4.78, 5) is 23.1. The molecule has 0 N–H and O–H groups in total. The maximum absolute atomic E-state index is 12.3. The normalized spacial score (nSPS) is 17.0. The molecule has 0 bridgehead atoms. The highest BCUT2D eigenvalue weighted by atomic mass is 16.5. The van der Waals surface area contributed by atoms with Gasteiger partial charge in [0.15, 0.2) is 0 Å². The van der Waals surface area contributed by atoms with Crippen molar-refractivity contribution in [3.63, 3.8) is 0 Å². The first-order valence-corrected chi connectivity index (χ1v) is 9.24. The molecular weight excluding hydrogens is 340 g/mol. The summed E-state index contributed by atoms with van der Waals surface area (Å²) in [7, 11) is 0. The molecule has 0 heterocycles. The summed E-state index contributed by atoms with van der Waals surface area (Å²) in [6, 6.07) is 12.0. The lowest BCUT2D eigenvalue weighted by Gasteiger charge is -2.41. The Morgan fingerprint density at radius 2 is 1.52 bits per heavy atom. The van der Waals surface area contributed by atoms with Crippen molar-refractivity contribution in [2.45, 2.75) is 57.8 Å². The van der Waals surface area contributed by atoms with Crippen LogP contribution in [0, 0.1) is 0 Å². The molecule has 0 atom stereocenters. The van der Waals surface area contributed by atoms with Crippen LogP contribution in [-0.2, 0) is 22.0 Å². The van der Waals surface area contributed by atoms with E-state index in [4.69, 9.17) is 4.74 Å². The SMILES string of the molecule is CC1(C)CCC(C)(C)c2cc(OC(=O)Cc3ccc(C(=O)[O-])cc3)ccc21. The number of ether oxygens (including phenoxy) is 1. The maximum Gasteiger partial charge on any atom is 0.315 e. The van der Waals surface area contributed by atoms with E-state index >= 15 is 0 Å². The molecule has 0 spiro atoms. The molecule has 4 nitrogen and oxygen atoms in total. The van der Waals surface area contributed by atoms with Crippen LogP contribution in [0.15, 0.2) is 42.5 Å². The molecule has 142 valence electrons. The number of hydrogen-bond donors (Lipinski definition) is 0. The van der Waals surface area contributed by atoms with Gasteiger partial charge in [-0.05, 0) is 58.1 Å². The second kappa shape index (κ2) is 6.84. The molecule has 0 radical (unpaired) electrons. The lowest BCUT2D eigenvalue weighted by molar-refractivity contribution is -0.255. The molecule has 1 aliphatic carbocycles. The van der Waals surface area contributed by atoms with Crippen molar-refractivity contribution in [1.82, 2.24) is 0 Å². The Morgan fingerprint density at radius 1 is 0.926 bits per heavy atom. The molecule has 0 saturated heterocycles. The molecule has 2 aromatic carbocycles. The highest BCUT2D eigenvalue weighted by Gasteiger charge is 2.37. The van der Waals surface area contributed by atoms with Crippen molar-refractivity contribution in [2.75, 3.05) is 0 Å². The predicted molar refractivity (Wildman–Crippen MR) is 102 cm³/mol. The van der Waals surface area contributed by atoms with Crippen molar-refractivity contribution in [3.05, 3.63) is 64.7 Å². The summed E-state index contributed by atoms with van der Waals surface area (Å²) in [6.07, 6.45) is 2.31. The van der Waals surface area contributed by atoms with Gasteiger partial charge in [-0.2, -0.15) is 0 Å². The van der Waals surface area contributed by atoms with Crippen LogP contribution in [0.3, 0.4) is 0 Å². The van der Waals surface area contributed by atoms with Gasteiger partial charge < -0.3 is 14.6 Å². The molecule has 2 aromatic rings. The van der Waals surface area contributed by atoms with E-state index in [-0.39, 0.29) is 28.8 Å². The Morgan fingerprint density at radius 3 is 2.11 bits per heavy atom. The Balaban J connectivity index is 1.76. The molecule has 0 aliphatic heterocycles. The van der Waals surface area contributed by atoms with Gasteiger partial charge in [-0.15, -0.1) is 0 Å². The van der Waals surface area contributed by atoms with Gasteiger partial charge in [-0.1, -0.05) is 58.0 Å². The third-order valence-electron chi connectivity index (χ3n) is 5.59. The fourth-order valence-electron chi connectivity index (χ4n) is 3.72. The summed E-state index contributed by atoms with van der Waals surface area (Å²) in [5.41, 5.74) is 3.51. The summed E-state index contributed by atoms with van der Waals surface area (Å²) in [5.74, 6) is -1.05. The summed E-state index contributed by atoms with van der Waals surface area (Å²) < 4.78 is 5.56. The Labute approximate surface area is 160 Å². The Hall–Kier alpha value is -2.62. The van der Waals surface area contributed by atoms with Gasteiger partial charge in [0.2, 0.25) is 0 Å². The van der Waals surface area contributed by atoms with E-state index in [9.17, 15) is 14.7 Å². The van der Waals surface area contributed by atoms with Crippen molar-refractivity contribution in [3.8, 4) is 5.75 Å². The lowest BCUT2D eigenvalue weighted by Crippen LogP contribution is -2.33. The highest BCUT2D eigenvalue weighted by molar-refractivity contribution is 5.86. The molecule has 0 saturated carbocycles. The molecule has 0 aromatic heterocycles. The Kier molecular flexibility index (Phi) is 4.85. The molecule has 3 rings (SSSR count). The van der Waals surface area contributed by atoms with E-state index in [0.29, 0.717) is 11.3 Å². The number of carbonyl (C=O) groups is 2. The van der Waals surface area contributed by atoms with Crippen LogP contribution in [-0.4, -0.2) is 11.9 Å². The first-order valence-electron chi connectivity index (χ1n) is 9.24. The minimum atomic E-state index is -1.23. The monoisotopic (exact) mass is 365 g/mol. The second-order valence-corrected chi connectivity index (χ2v) is 8.61. The minimum Gasteiger partial charge on any atom is -0.545 e. The van der Waals surface area contributed by atoms with Gasteiger partial charge >= 0.3 is 5.97 Å². The van der Waals surface area contributed by atoms with Gasteiger partial charge in [0.05, 0.1) is 12.4 Å². The standard InChI is InChI=1S/C23H26O4/c1-22(2)11-12-23(3,4)19-14-17(9-10-18(19)22)27-20(24)13-15-5-7-16(8-6-15)21(25)26/h5-10,14H,11-13H2,1-4H3,(H,25,26)/p-1. The first kappa shape index (κ1) is 19.2. The number of hydrogen-bond acceptors (Lipinski definition) is 4. The van der Waals surface area contributed by atoms with Gasteiger partial charge in [0, 0.05) is 0 Å². The highest BCUT2D eigenvalue weighted by Crippen LogP contribution is 2.46. The molecular formula is C23H25O4-. The van der Waals surface area contributed by atoms with E-state index in [1.54, 1.807) is 12.1 Å². The van der Waals surface area contributed by atoms with Gasteiger partial charge in [0.1, 0.15) is 5.75 Å². The molecule has 0 fully saturated rings. The van der Waals surface area contributed by atoms with E-state index in [0.717, 1.165) is 12.8 Å². The van der Waals surface area contributed by atoms with Crippen molar-refractivity contribution in [2.24, 2.45) is 0 Å². The van der Waals surface area contributed by atoms with Crippen LogP contribution in [0.2, 0.25) is 0 Å². The summed E-state index contributed by atoms with van der Waals surface area (Å²) >= 11 is 0. The average Bonchev–Trinajstić information content (AvgIpc) is 2.59. The second-order valence-electron chi connectivity index (χ2n) is 8.61. The van der Waals surface area contributed by atoms with Crippen LogP contribution in [0.5, 0.6) is 5.75 Å². The van der Waals surface area contributed by atoms with Crippen molar-refractivity contribution >= 4 is 11.9 Å². The van der Waals surface area contributed by atoms with Gasteiger partial charge in [-0.25, -0.2) is 0 Å². The van der Waals surface area contributed by atoms with E-state index in [1.165, 1.54) is 23.3 Å². The molecule has 1 aliphatic rings. The number of carbonyl (C=O) groups excluding carboxylic acids is 2. The van der Waals surface area contributed by atoms with Gasteiger partial charge in [0.25, 0.3) is 0 Å². The molecule has 0 unspecified atom stereocenters. The molecule has 4 heteroatoms. The van der Waals surface area contributed by atoms with Crippen LogP contribution in [0.25, 0.3) is 0 Å². The fourth-order valence-corrected chi connectivity index (χ4v) is 3.72. The fraction of sp³-hybridized carbons (Fsp3) is 0.391. The van der Waals surface area contributed by atoms with Crippen LogP contribution in [0.1, 0.15) is 67.6 Å². The number of carboxylic acids is 1. The Bertz CT molecular complexity index is 876. The van der Waals surface area contributed by atoms with E-state index < -0.39 is 5.97 Å². The zero-order valence-electron chi connectivity index (χ0n) is 16.3. The predicted octanol–water partition coefficient (Wildman–Crippen LogP) is 3.55. The number of rotatable bonds is 4. The zero-order valence-corrected chi connectivity index (χ0v) is 16.3. The third kappa shape index (κ3) is 4.05. The van der Waals surface area contributed by atoms with Gasteiger partial charge in [-0.3, -0.25) is 4.79 Å². The number of carboxylic acid groups (broad SMARTS) is 1. The van der Waals surface area contributed by atoms with Crippen LogP contribution < -0.4 is 9.84 Å². The average molecular weight is 365 g/mol. The minimum absolute atomic E-state index is 0.0496. The topological polar surface area (TPSA) is 66.4 Å². The smallest absolute Gasteiger partial charge is 0.315 e. The van der Waals surface area contributed by atoms with E-state index in [1.807, 2.05) is 12.1 Å². The lowest BCUT2D eigenvalue weighted by atomic mass is 9.63. The first-order chi connectivity index (χ1) is 12.6. The summed E-state index contributed by atoms with van der Waals surface area (Å²) in [6.45, 7) is 8.96. The number of esters is 1. The quantitative estimate of drug-likeness (QED) is 0.614. The molecule has 0 amide bonds. The van der Waals surface area contributed by atoms with E-state index in [2.05, 4.69) is 33.8 Å². The third-order valence-corrected chi connectivity index (χ3v) is 5.59.